The first-order valence-electron chi connectivity index (χ1n) is 10.7. The second-order valence-corrected chi connectivity index (χ2v) is 7.51. The van der Waals surface area contributed by atoms with E-state index in [1.54, 1.807) is 0 Å². The molecule has 2 rings (SSSR count). The Morgan fingerprint density at radius 3 is 2.55 bits per heavy atom. The SMILES string of the molecule is CCCCNC(=O)C(OCCCC)c1ccccc1COc1cc(C)ccc1C. The first kappa shape index (κ1) is 23.0. The fourth-order valence-corrected chi connectivity index (χ4v) is 3.07. The molecule has 0 aromatic heterocycles. The summed E-state index contributed by atoms with van der Waals surface area (Å²) in [5.74, 6) is 0.796. The van der Waals surface area contributed by atoms with Gasteiger partial charge in [-0.1, -0.05) is 63.1 Å². The van der Waals surface area contributed by atoms with Crippen LogP contribution in [0, 0.1) is 13.8 Å². The maximum absolute atomic E-state index is 12.9. The molecule has 0 saturated heterocycles. The Balaban J connectivity index is 2.19. The van der Waals surface area contributed by atoms with E-state index in [0.717, 1.165) is 53.7 Å². The number of benzene rings is 2. The number of ether oxygens (including phenoxy) is 2. The summed E-state index contributed by atoms with van der Waals surface area (Å²) < 4.78 is 12.1. The lowest BCUT2D eigenvalue weighted by molar-refractivity contribution is -0.133. The van der Waals surface area contributed by atoms with Gasteiger partial charge in [-0.25, -0.2) is 0 Å². The van der Waals surface area contributed by atoms with E-state index in [1.807, 2.05) is 37.3 Å². The molecule has 2 aromatic carbocycles. The van der Waals surface area contributed by atoms with Gasteiger partial charge in [0.2, 0.25) is 0 Å². The topological polar surface area (TPSA) is 47.6 Å². The van der Waals surface area contributed by atoms with Crippen molar-refractivity contribution < 1.29 is 14.3 Å². The molecule has 0 aliphatic rings. The molecule has 158 valence electrons. The van der Waals surface area contributed by atoms with E-state index in [4.69, 9.17) is 9.47 Å². The van der Waals surface area contributed by atoms with Crippen LogP contribution in [0.3, 0.4) is 0 Å². The maximum atomic E-state index is 12.9. The maximum Gasteiger partial charge on any atom is 0.253 e. The summed E-state index contributed by atoms with van der Waals surface area (Å²) in [5, 5.41) is 3.02. The fourth-order valence-electron chi connectivity index (χ4n) is 3.07. The summed E-state index contributed by atoms with van der Waals surface area (Å²) >= 11 is 0. The van der Waals surface area contributed by atoms with Gasteiger partial charge in [-0.3, -0.25) is 4.79 Å². The third kappa shape index (κ3) is 7.21. The molecule has 0 saturated carbocycles. The van der Waals surface area contributed by atoms with Crippen LogP contribution in [0.15, 0.2) is 42.5 Å². The van der Waals surface area contributed by atoms with Crippen molar-refractivity contribution in [3.05, 3.63) is 64.7 Å². The van der Waals surface area contributed by atoms with Crippen molar-refractivity contribution in [2.24, 2.45) is 0 Å². The number of nitrogens with one attached hydrogen (secondary N) is 1. The highest BCUT2D eigenvalue weighted by Crippen LogP contribution is 2.26. The lowest BCUT2D eigenvalue weighted by Gasteiger charge is -2.21. The van der Waals surface area contributed by atoms with Crippen LogP contribution in [0.4, 0.5) is 0 Å². The van der Waals surface area contributed by atoms with Crippen LogP contribution < -0.4 is 10.1 Å². The number of rotatable bonds is 12. The van der Waals surface area contributed by atoms with Crippen molar-refractivity contribution in [3.63, 3.8) is 0 Å². The van der Waals surface area contributed by atoms with Crippen LogP contribution >= 0.6 is 0 Å². The molecular formula is C25H35NO3. The molecule has 1 amide bonds. The Hall–Kier alpha value is -2.33. The Bertz CT molecular complexity index is 772. The Morgan fingerprint density at radius 1 is 1.03 bits per heavy atom. The van der Waals surface area contributed by atoms with Gasteiger partial charge >= 0.3 is 0 Å². The van der Waals surface area contributed by atoms with Crippen LogP contribution in [-0.4, -0.2) is 19.1 Å². The largest absolute Gasteiger partial charge is 0.489 e. The first-order valence-corrected chi connectivity index (χ1v) is 10.7. The highest BCUT2D eigenvalue weighted by molar-refractivity contribution is 5.82. The molecule has 0 aliphatic heterocycles. The molecule has 4 heteroatoms. The van der Waals surface area contributed by atoms with Gasteiger partial charge in [0.25, 0.3) is 5.91 Å². The molecule has 1 N–H and O–H groups in total. The van der Waals surface area contributed by atoms with E-state index in [-0.39, 0.29) is 5.91 Å². The lowest BCUT2D eigenvalue weighted by atomic mass is 10.0. The van der Waals surface area contributed by atoms with Crippen LogP contribution in [0.5, 0.6) is 5.75 Å². The molecule has 0 radical (unpaired) electrons. The molecule has 29 heavy (non-hydrogen) atoms. The predicted octanol–water partition coefficient (Wildman–Crippen LogP) is 5.66. The standard InChI is InChI=1S/C25H35NO3/c1-5-7-15-26-25(27)24(28-16-8-6-2)22-12-10-9-11-21(22)18-29-23-17-19(3)13-14-20(23)4/h9-14,17,24H,5-8,15-16,18H2,1-4H3,(H,26,27). The zero-order valence-electron chi connectivity index (χ0n) is 18.3. The minimum absolute atomic E-state index is 0.0752. The number of hydrogen-bond acceptors (Lipinski definition) is 3. The fraction of sp³-hybridized carbons (Fsp3) is 0.480. The Labute approximate surface area is 175 Å². The summed E-state index contributed by atoms with van der Waals surface area (Å²) in [6.45, 7) is 9.96. The van der Waals surface area contributed by atoms with Crippen LogP contribution in [0.1, 0.15) is 67.9 Å². The van der Waals surface area contributed by atoms with E-state index in [1.165, 1.54) is 0 Å². The van der Waals surface area contributed by atoms with Crippen molar-refractivity contribution in [2.75, 3.05) is 13.2 Å². The predicted molar refractivity (Wildman–Crippen MR) is 118 cm³/mol. The van der Waals surface area contributed by atoms with Crippen molar-refractivity contribution in [1.29, 1.82) is 0 Å². The summed E-state index contributed by atoms with van der Waals surface area (Å²) in [7, 11) is 0. The van der Waals surface area contributed by atoms with Crippen molar-refractivity contribution in [3.8, 4) is 5.75 Å². The minimum atomic E-state index is -0.614. The molecular weight excluding hydrogens is 362 g/mol. The highest BCUT2D eigenvalue weighted by Gasteiger charge is 2.23. The zero-order valence-corrected chi connectivity index (χ0v) is 18.3. The van der Waals surface area contributed by atoms with Crippen LogP contribution in [0.25, 0.3) is 0 Å². The third-order valence-corrected chi connectivity index (χ3v) is 4.91. The molecule has 1 atom stereocenters. The number of aryl methyl sites for hydroxylation is 2. The molecule has 2 aromatic rings. The number of carbonyl (C=O) groups excluding carboxylic acids is 1. The Kier molecular flexibility index (Phi) is 9.72. The van der Waals surface area contributed by atoms with Gasteiger partial charge in [0, 0.05) is 13.2 Å². The van der Waals surface area contributed by atoms with Crippen molar-refractivity contribution in [1.82, 2.24) is 5.32 Å². The average molecular weight is 398 g/mol. The van der Waals surface area contributed by atoms with Gasteiger partial charge in [0.15, 0.2) is 6.10 Å². The Morgan fingerprint density at radius 2 is 1.79 bits per heavy atom. The third-order valence-electron chi connectivity index (χ3n) is 4.91. The summed E-state index contributed by atoms with van der Waals surface area (Å²) in [6, 6.07) is 14.1. The second-order valence-electron chi connectivity index (χ2n) is 7.51. The summed E-state index contributed by atoms with van der Waals surface area (Å²) in [4.78, 5) is 12.9. The van der Waals surface area contributed by atoms with Gasteiger partial charge in [0.1, 0.15) is 12.4 Å². The molecule has 0 fully saturated rings. The van der Waals surface area contributed by atoms with Gasteiger partial charge in [-0.05, 0) is 55.0 Å². The number of hydrogen-bond donors (Lipinski definition) is 1. The molecule has 0 aliphatic carbocycles. The van der Waals surface area contributed by atoms with Crippen molar-refractivity contribution in [2.45, 2.75) is 66.1 Å². The normalized spacial score (nSPS) is 11.9. The van der Waals surface area contributed by atoms with Gasteiger partial charge < -0.3 is 14.8 Å². The monoisotopic (exact) mass is 397 g/mol. The second kappa shape index (κ2) is 12.3. The minimum Gasteiger partial charge on any atom is -0.489 e. The van der Waals surface area contributed by atoms with Gasteiger partial charge in [0.05, 0.1) is 0 Å². The quantitative estimate of drug-likeness (QED) is 0.470. The van der Waals surface area contributed by atoms with Crippen LogP contribution in [-0.2, 0) is 16.1 Å². The lowest BCUT2D eigenvalue weighted by Crippen LogP contribution is -2.32. The number of unbranched alkanes of at least 4 members (excludes halogenated alkanes) is 2. The molecule has 0 heterocycles. The van der Waals surface area contributed by atoms with E-state index in [9.17, 15) is 4.79 Å². The average Bonchev–Trinajstić information content (AvgIpc) is 2.72. The summed E-state index contributed by atoms with van der Waals surface area (Å²) in [5.41, 5.74) is 4.11. The van der Waals surface area contributed by atoms with Gasteiger partial charge in [-0.2, -0.15) is 0 Å². The van der Waals surface area contributed by atoms with Crippen LogP contribution in [0.2, 0.25) is 0 Å². The number of amides is 1. The van der Waals surface area contributed by atoms with E-state index in [2.05, 4.69) is 38.2 Å². The zero-order chi connectivity index (χ0) is 21.1. The molecule has 1 unspecified atom stereocenters. The molecule has 4 nitrogen and oxygen atoms in total. The van der Waals surface area contributed by atoms with E-state index >= 15 is 0 Å². The van der Waals surface area contributed by atoms with Crippen molar-refractivity contribution >= 4 is 5.91 Å². The molecule has 0 bridgehead atoms. The smallest absolute Gasteiger partial charge is 0.253 e. The van der Waals surface area contributed by atoms with Gasteiger partial charge in [-0.15, -0.1) is 0 Å². The number of carbonyl (C=O) groups is 1. The molecule has 0 spiro atoms. The highest BCUT2D eigenvalue weighted by atomic mass is 16.5. The first-order chi connectivity index (χ1) is 14.1. The summed E-state index contributed by atoms with van der Waals surface area (Å²) in [6.07, 6.45) is 3.35. The van der Waals surface area contributed by atoms with E-state index in [0.29, 0.717) is 19.8 Å². The van der Waals surface area contributed by atoms with E-state index < -0.39 is 6.10 Å².